The third-order valence-corrected chi connectivity index (χ3v) is 4.84. The van der Waals surface area contributed by atoms with Crippen molar-refractivity contribution in [2.75, 3.05) is 5.43 Å². The number of halogens is 1. The van der Waals surface area contributed by atoms with Gasteiger partial charge in [0, 0.05) is 14.9 Å². The number of thiophene rings is 1. The molecular formula is C15H12BrN3O2S. The van der Waals surface area contributed by atoms with Crippen LogP contribution in [-0.2, 0) is 6.42 Å². The highest BCUT2D eigenvalue weighted by Crippen LogP contribution is 2.20. The molecule has 1 N–H and O–H groups in total. The number of rotatable bonds is 3. The summed E-state index contributed by atoms with van der Waals surface area (Å²) in [6, 6.07) is 8.78. The molecule has 112 valence electrons. The highest BCUT2D eigenvalue weighted by atomic mass is 79.9. The van der Waals surface area contributed by atoms with Crippen LogP contribution in [0, 0.1) is 0 Å². The van der Waals surface area contributed by atoms with E-state index in [2.05, 4.69) is 26.3 Å². The van der Waals surface area contributed by atoms with Gasteiger partial charge < -0.3 is 0 Å². The maximum atomic E-state index is 12.4. The number of benzene rings is 1. The summed E-state index contributed by atoms with van der Waals surface area (Å²) in [4.78, 5) is 30.6. The number of nitrogens with zero attached hydrogens (tertiary/aromatic N) is 2. The molecule has 0 spiro atoms. The molecule has 0 aliphatic rings. The Morgan fingerprint density at radius 2 is 2.23 bits per heavy atom. The summed E-state index contributed by atoms with van der Waals surface area (Å²) in [5, 5.41) is 0.527. The van der Waals surface area contributed by atoms with Gasteiger partial charge in [0.2, 0.25) is 0 Å². The molecule has 1 aromatic carbocycles. The number of fused-ring (bicyclic) bond motifs is 1. The Hall–Kier alpha value is -1.99. The third kappa shape index (κ3) is 2.82. The Balaban J connectivity index is 1.95. The Labute approximate surface area is 138 Å². The Bertz CT molecular complexity index is 917. The molecule has 0 saturated carbocycles. The lowest BCUT2D eigenvalue weighted by molar-refractivity contribution is 0.101. The highest BCUT2D eigenvalue weighted by molar-refractivity contribution is 9.10. The second-order valence-corrected chi connectivity index (χ2v) is 6.69. The van der Waals surface area contributed by atoms with Crippen molar-refractivity contribution in [3.05, 3.63) is 61.9 Å². The van der Waals surface area contributed by atoms with Gasteiger partial charge in [0.05, 0.1) is 5.39 Å². The van der Waals surface area contributed by atoms with Crippen molar-refractivity contribution in [2.24, 2.45) is 0 Å². The average molecular weight is 378 g/mol. The molecule has 0 radical (unpaired) electrons. The lowest BCUT2D eigenvalue weighted by Crippen LogP contribution is -2.33. The van der Waals surface area contributed by atoms with Gasteiger partial charge in [-0.25, -0.2) is 9.66 Å². The van der Waals surface area contributed by atoms with Crippen LogP contribution in [0.3, 0.4) is 0 Å². The Morgan fingerprint density at radius 3 is 2.95 bits per heavy atom. The van der Waals surface area contributed by atoms with Crippen molar-refractivity contribution in [1.29, 1.82) is 0 Å². The first kappa shape index (κ1) is 14.9. The fourth-order valence-electron chi connectivity index (χ4n) is 2.03. The molecule has 0 unspecified atom stereocenters. The van der Waals surface area contributed by atoms with Crippen LogP contribution in [0.15, 0.2) is 45.9 Å². The minimum atomic E-state index is -0.365. The summed E-state index contributed by atoms with van der Waals surface area (Å²) in [5.74, 6) is -0.365. The largest absolute Gasteiger partial charge is 0.280 e. The van der Waals surface area contributed by atoms with Crippen LogP contribution in [-0.4, -0.2) is 15.6 Å². The molecule has 2 aromatic heterocycles. The minimum absolute atomic E-state index is 0.274. The summed E-state index contributed by atoms with van der Waals surface area (Å²) in [6.07, 6.45) is 2.20. The highest BCUT2D eigenvalue weighted by Gasteiger charge is 2.11. The van der Waals surface area contributed by atoms with Crippen LogP contribution in [0.4, 0.5) is 0 Å². The van der Waals surface area contributed by atoms with Gasteiger partial charge in [0.1, 0.15) is 11.2 Å². The van der Waals surface area contributed by atoms with Gasteiger partial charge in [-0.05, 0) is 30.7 Å². The van der Waals surface area contributed by atoms with Crippen molar-refractivity contribution < 1.29 is 4.79 Å². The number of carbonyl (C=O) groups is 1. The summed E-state index contributed by atoms with van der Waals surface area (Å²) in [7, 11) is 0. The van der Waals surface area contributed by atoms with Gasteiger partial charge in [-0.15, -0.1) is 11.3 Å². The van der Waals surface area contributed by atoms with Crippen molar-refractivity contribution >= 4 is 43.4 Å². The molecular weight excluding hydrogens is 366 g/mol. The van der Waals surface area contributed by atoms with E-state index in [1.54, 1.807) is 18.2 Å². The first-order valence-corrected chi connectivity index (χ1v) is 8.26. The zero-order valence-electron chi connectivity index (χ0n) is 11.7. The zero-order valence-corrected chi connectivity index (χ0v) is 14.1. The van der Waals surface area contributed by atoms with E-state index in [4.69, 9.17) is 0 Å². The number of carbonyl (C=O) groups excluding carboxylic acids is 1. The quantitative estimate of drug-likeness (QED) is 0.762. The number of amides is 1. The third-order valence-electron chi connectivity index (χ3n) is 3.16. The molecule has 0 fully saturated rings. The average Bonchev–Trinajstić information content (AvgIpc) is 2.94. The van der Waals surface area contributed by atoms with Gasteiger partial charge in [-0.1, -0.05) is 28.9 Å². The standard InChI is InChI=1S/C15H12BrN3O2S/c1-2-11-7-12-14(22-11)17-8-19(15(12)21)18-13(20)9-4-3-5-10(16)6-9/h3-8H,2H2,1H3,(H,18,20). The summed E-state index contributed by atoms with van der Waals surface area (Å²) in [6.45, 7) is 2.03. The van der Waals surface area contributed by atoms with E-state index >= 15 is 0 Å². The minimum Gasteiger partial charge on any atom is -0.267 e. The SMILES string of the molecule is CCc1cc2c(=O)n(NC(=O)c3cccc(Br)c3)cnc2s1. The van der Waals surface area contributed by atoms with Crippen molar-refractivity contribution in [2.45, 2.75) is 13.3 Å². The summed E-state index contributed by atoms with van der Waals surface area (Å²) in [5.41, 5.74) is 2.75. The second-order valence-electron chi connectivity index (χ2n) is 4.66. The molecule has 1 amide bonds. The van der Waals surface area contributed by atoms with Gasteiger partial charge >= 0.3 is 0 Å². The molecule has 22 heavy (non-hydrogen) atoms. The van der Waals surface area contributed by atoms with E-state index in [9.17, 15) is 9.59 Å². The first-order chi connectivity index (χ1) is 10.6. The number of nitrogens with one attached hydrogen (secondary N) is 1. The van der Waals surface area contributed by atoms with Crippen LogP contribution in [0.25, 0.3) is 10.2 Å². The molecule has 3 aromatic rings. The monoisotopic (exact) mass is 377 g/mol. The van der Waals surface area contributed by atoms with E-state index in [1.165, 1.54) is 17.7 Å². The maximum Gasteiger partial charge on any atom is 0.280 e. The lowest BCUT2D eigenvalue weighted by Gasteiger charge is -2.07. The first-order valence-electron chi connectivity index (χ1n) is 6.65. The predicted octanol–water partition coefficient (Wildman–Crippen LogP) is 3.17. The fourth-order valence-corrected chi connectivity index (χ4v) is 3.36. The molecule has 3 rings (SSSR count). The zero-order chi connectivity index (χ0) is 15.7. The number of aryl methyl sites for hydroxylation is 1. The number of hydrogen-bond donors (Lipinski definition) is 1. The smallest absolute Gasteiger partial charge is 0.267 e. The molecule has 2 heterocycles. The van der Waals surface area contributed by atoms with Crippen LogP contribution in [0.1, 0.15) is 22.2 Å². The van der Waals surface area contributed by atoms with Gasteiger partial charge in [0.15, 0.2) is 0 Å². The van der Waals surface area contributed by atoms with E-state index < -0.39 is 0 Å². The van der Waals surface area contributed by atoms with Crippen LogP contribution in [0.5, 0.6) is 0 Å². The summed E-state index contributed by atoms with van der Waals surface area (Å²) >= 11 is 4.81. The molecule has 0 aliphatic heterocycles. The van der Waals surface area contributed by atoms with E-state index in [0.29, 0.717) is 15.8 Å². The van der Waals surface area contributed by atoms with Gasteiger partial charge in [-0.3, -0.25) is 15.0 Å². The number of hydrogen-bond acceptors (Lipinski definition) is 4. The van der Waals surface area contributed by atoms with E-state index in [1.807, 2.05) is 19.1 Å². The Kier molecular flexibility index (Phi) is 4.08. The Morgan fingerprint density at radius 1 is 1.41 bits per heavy atom. The number of aromatic nitrogens is 2. The summed E-state index contributed by atoms with van der Waals surface area (Å²) < 4.78 is 1.92. The molecule has 0 bridgehead atoms. The second kappa shape index (κ2) is 6.02. The van der Waals surface area contributed by atoms with Crippen LogP contribution in [0.2, 0.25) is 0 Å². The van der Waals surface area contributed by atoms with Crippen molar-refractivity contribution in [3.8, 4) is 0 Å². The molecule has 5 nitrogen and oxygen atoms in total. The van der Waals surface area contributed by atoms with Gasteiger partial charge in [0.25, 0.3) is 11.5 Å². The van der Waals surface area contributed by atoms with Crippen molar-refractivity contribution in [1.82, 2.24) is 9.66 Å². The molecule has 7 heteroatoms. The van der Waals surface area contributed by atoms with Crippen LogP contribution >= 0.6 is 27.3 Å². The molecule has 0 saturated heterocycles. The molecule has 0 aliphatic carbocycles. The molecule has 0 atom stereocenters. The van der Waals surface area contributed by atoms with E-state index in [0.717, 1.165) is 20.4 Å². The van der Waals surface area contributed by atoms with Crippen molar-refractivity contribution in [3.63, 3.8) is 0 Å². The topological polar surface area (TPSA) is 64.0 Å². The normalized spacial score (nSPS) is 10.8. The predicted molar refractivity (Wildman–Crippen MR) is 91.1 cm³/mol. The lowest BCUT2D eigenvalue weighted by atomic mass is 10.2. The van der Waals surface area contributed by atoms with E-state index in [-0.39, 0.29) is 11.5 Å². The van der Waals surface area contributed by atoms with Crippen LogP contribution < -0.4 is 11.0 Å². The van der Waals surface area contributed by atoms with Gasteiger partial charge in [-0.2, -0.15) is 0 Å². The fraction of sp³-hybridized carbons (Fsp3) is 0.133. The maximum absolute atomic E-state index is 12.4.